The van der Waals surface area contributed by atoms with E-state index >= 15 is 4.39 Å². The van der Waals surface area contributed by atoms with Crippen molar-refractivity contribution in [2.75, 3.05) is 0 Å². The van der Waals surface area contributed by atoms with Gasteiger partial charge in [0.1, 0.15) is 41.0 Å². The summed E-state index contributed by atoms with van der Waals surface area (Å²) in [5.74, 6) is 0.448. The number of carbonyl (C=O) groups is 1. The SMILES string of the molecule is CC[C@]1(c2ccc(O[C@@H]3CCc4c(Oc5ccc(-c6ccnn6C)cc5C#N)ccc(F)c43)cc2O)CC(=O)O1. The van der Waals surface area contributed by atoms with Crippen LogP contribution in [0.3, 0.4) is 0 Å². The lowest BCUT2D eigenvalue weighted by Gasteiger charge is -2.40. The van der Waals surface area contributed by atoms with Crippen LogP contribution in [0.15, 0.2) is 60.8 Å². The molecule has 0 amide bonds. The summed E-state index contributed by atoms with van der Waals surface area (Å²) in [5, 5.41) is 24.7. The first-order valence-electron chi connectivity index (χ1n) is 13.1. The maximum absolute atomic E-state index is 15.1. The number of esters is 1. The molecule has 9 heteroatoms. The quantitative estimate of drug-likeness (QED) is 0.278. The molecule has 1 aliphatic carbocycles. The van der Waals surface area contributed by atoms with Gasteiger partial charge >= 0.3 is 5.97 Å². The number of carbonyl (C=O) groups excluding carboxylic acids is 1. The number of halogens is 1. The summed E-state index contributed by atoms with van der Waals surface area (Å²) in [6.45, 7) is 1.89. The predicted molar refractivity (Wildman–Crippen MR) is 142 cm³/mol. The van der Waals surface area contributed by atoms with Gasteiger partial charge < -0.3 is 19.3 Å². The van der Waals surface area contributed by atoms with Gasteiger partial charge in [0.25, 0.3) is 0 Å². The van der Waals surface area contributed by atoms with Crippen LogP contribution in [-0.2, 0) is 28.6 Å². The van der Waals surface area contributed by atoms with Crippen LogP contribution >= 0.6 is 0 Å². The summed E-state index contributed by atoms with van der Waals surface area (Å²) in [7, 11) is 1.83. The minimum absolute atomic E-state index is 0.0405. The first kappa shape index (κ1) is 25.4. The number of phenolic OH excluding ortho intramolecular Hbond substituents is 1. The van der Waals surface area contributed by atoms with Gasteiger partial charge in [0, 0.05) is 41.6 Å². The van der Waals surface area contributed by atoms with Crippen LogP contribution in [0.1, 0.15) is 54.5 Å². The molecule has 8 nitrogen and oxygen atoms in total. The van der Waals surface area contributed by atoms with Crippen molar-refractivity contribution in [2.45, 2.75) is 44.3 Å². The maximum Gasteiger partial charge on any atom is 0.311 e. The number of cyclic esters (lactones) is 1. The van der Waals surface area contributed by atoms with Crippen LogP contribution in [0, 0.1) is 17.1 Å². The fourth-order valence-electron chi connectivity index (χ4n) is 5.61. The minimum Gasteiger partial charge on any atom is -0.507 e. The van der Waals surface area contributed by atoms with Crippen molar-refractivity contribution >= 4 is 5.97 Å². The number of hydrogen-bond donors (Lipinski definition) is 1. The molecule has 0 saturated carbocycles. The number of benzene rings is 3. The van der Waals surface area contributed by atoms with E-state index in [0.717, 1.165) is 11.3 Å². The van der Waals surface area contributed by atoms with Gasteiger partial charge in [-0.1, -0.05) is 6.92 Å². The largest absolute Gasteiger partial charge is 0.507 e. The van der Waals surface area contributed by atoms with E-state index < -0.39 is 17.5 Å². The summed E-state index contributed by atoms with van der Waals surface area (Å²) in [6, 6.07) is 17.1. The molecule has 40 heavy (non-hydrogen) atoms. The van der Waals surface area contributed by atoms with E-state index in [1.165, 1.54) is 12.1 Å². The average molecular weight is 540 g/mol. The second-order valence-corrected chi connectivity index (χ2v) is 10.0. The fourth-order valence-corrected chi connectivity index (χ4v) is 5.61. The standard InChI is InChI=1S/C31H26FN3O5/c1-3-31(16-29(37)40-31)22-7-5-20(15-25(22)36)38-28-10-6-21-27(11-8-23(32)30(21)28)39-26-9-4-18(14-19(26)17-33)24-12-13-34-35(24)2/h4-5,7-9,11-15,28,36H,3,6,10,16H2,1-2H3/t28-,31-/m1/s1. The van der Waals surface area contributed by atoms with Crippen molar-refractivity contribution in [1.82, 2.24) is 9.78 Å². The highest BCUT2D eigenvalue weighted by Crippen LogP contribution is 2.47. The number of hydrogen-bond acceptors (Lipinski definition) is 7. The van der Waals surface area contributed by atoms with Crippen LogP contribution in [-0.4, -0.2) is 20.9 Å². The molecular weight excluding hydrogens is 513 g/mol. The zero-order valence-corrected chi connectivity index (χ0v) is 22.0. The van der Waals surface area contributed by atoms with Crippen molar-refractivity contribution in [3.05, 3.63) is 88.9 Å². The van der Waals surface area contributed by atoms with Crippen molar-refractivity contribution < 1.29 is 28.5 Å². The highest BCUT2D eigenvalue weighted by Gasteiger charge is 2.47. The van der Waals surface area contributed by atoms with Gasteiger partial charge in [-0.2, -0.15) is 10.4 Å². The summed E-state index contributed by atoms with van der Waals surface area (Å²) in [4.78, 5) is 11.5. The molecule has 1 aromatic heterocycles. The van der Waals surface area contributed by atoms with Gasteiger partial charge in [-0.15, -0.1) is 0 Å². The molecule has 0 radical (unpaired) electrons. The molecule has 2 atom stereocenters. The van der Waals surface area contributed by atoms with E-state index in [9.17, 15) is 15.2 Å². The van der Waals surface area contributed by atoms with E-state index in [0.29, 0.717) is 58.8 Å². The van der Waals surface area contributed by atoms with Crippen LogP contribution in [0.5, 0.6) is 23.0 Å². The molecule has 0 bridgehead atoms. The smallest absolute Gasteiger partial charge is 0.311 e. The lowest BCUT2D eigenvalue weighted by atomic mass is 9.83. The summed E-state index contributed by atoms with van der Waals surface area (Å²) < 4.78 is 34.5. The lowest BCUT2D eigenvalue weighted by Crippen LogP contribution is -2.44. The molecule has 0 spiro atoms. The van der Waals surface area contributed by atoms with E-state index in [-0.39, 0.29) is 18.1 Å². The Balaban J connectivity index is 1.25. The van der Waals surface area contributed by atoms with Crippen molar-refractivity contribution in [1.29, 1.82) is 5.26 Å². The molecule has 4 aromatic rings. The van der Waals surface area contributed by atoms with Gasteiger partial charge in [-0.05, 0) is 67.8 Å². The Hall–Kier alpha value is -4.84. The number of fused-ring (bicyclic) bond motifs is 1. The Morgan fingerprint density at radius 3 is 2.67 bits per heavy atom. The number of rotatable bonds is 7. The number of aryl methyl sites for hydroxylation is 1. The molecule has 1 fully saturated rings. The third-order valence-electron chi connectivity index (χ3n) is 7.72. The molecule has 1 N–H and O–H groups in total. The molecule has 2 aliphatic rings. The van der Waals surface area contributed by atoms with Crippen molar-refractivity contribution in [2.24, 2.45) is 7.05 Å². The summed E-state index contributed by atoms with van der Waals surface area (Å²) in [6.07, 6.45) is 2.87. The minimum atomic E-state index is -0.823. The third-order valence-corrected chi connectivity index (χ3v) is 7.72. The Morgan fingerprint density at radius 1 is 1.20 bits per heavy atom. The van der Waals surface area contributed by atoms with E-state index in [1.807, 2.05) is 26.1 Å². The highest BCUT2D eigenvalue weighted by molar-refractivity contribution is 5.78. The van der Waals surface area contributed by atoms with Crippen LogP contribution < -0.4 is 9.47 Å². The van der Waals surface area contributed by atoms with Gasteiger partial charge in [-0.25, -0.2) is 4.39 Å². The van der Waals surface area contributed by atoms with Crippen molar-refractivity contribution in [3.8, 4) is 40.3 Å². The predicted octanol–water partition coefficient (Wildman–Crippen LogP) is 6.21. The van der Waals surface area contributed by atoms with E-state index in [4.69, 9.17) is 14.2 Å². The number of ether oxygens (including phenoxy) is 3. The summed E-state index contributed by atoms with van der Waals surface area (Å²) in [5.41, 5.74) is 2.81. The zero-order chi connectivity index (χ0) is 28.0. The van der Waals surface area contributed by atoms with Gasteiger partial charge in [0.2, 0.25) is 0 Å². The van der Waals surface area contributed by atoms with Gasteiger partial charge in [-0.3, -0.25) is 9.48 Å². The summed E-state index contributed by atoms with van der Waals surface area (Å²) >= 11 is 0. The van der Waals surface area contributed by atoms with Crippen LogP contribution in [0.25, 0.3) is 11.3 Å². The molecule has 6 rings (SSSR count). The Bertz CT molecular complexity index is 1680. The number of aromatic hydroxyl groups is 1. The molecular formula is C31H26FN3O5. The third kappa shape index (κ3) is 4.22. The number of aromatic nitrogens is 2. The normalized spacial score (nSPS) is 19.4. The topological polar surface area (TPSA) is 107 Å². The molecule has 2 heterocycles. The fraction of sp³-hybridized carbons (Fsp3) is 0.258. The first-order chi connectivity index (χ1) is 19.3. The number of nitrogens with zero attached hydrogens (tertiary/aromatic N) is 3. The lowest BCUT2D eigenvalue weighted by molar-refractivity contribution is -0.195. The average Bonchev–Trinajstić information content (AvgIpc) is 3.55. The molecule has 3 aromatic carbocycles. The molecule has 1 aliphatic heterocycles. The second kappa shape index (κ2) is 9.72. The van der Waals surface area contributed by atoms with Gasteiger partial charge in [0.05, 0.1) is 17.7 Å². The molecule has 0 unspecified atom stereocenters. The maximum atomic E-state index is 15.1. The zero-order valence-electron chi connectivity index (χ0n) is 22.0. The number of phenols is 1. The number of nitriles is 1. The highest BCUT2D eigenvalue weighted by atomic mass is 19.1. The van der Waals surface area contributed by atoms with Crippen molar-refractivity contribution in [3.63, 3.8) is 0 Å². The molecule has 202 valence electrons. The van der Waals surface area contributed by atoms with Crippen LogP contribution in [0.4, 0.5) is 4.39 Å². The Labute approximate surface area is 230 Å². The van der Waals surface area contributed by atoms with Gasteiger partial charge in [0.15, 0.2) is 5.60 Å². The Kier molecular flexibility index (Phi) is 6.18. The van der Waals surface area contributed by atoms with Crippen LogP contribution in [0.2, 0.25) is 0 Å². The first-order valence-corrected chi connectivity index (χ1v) is 13.1. The van der Waals surface area contributed by atoms with E-state index in [1.54, 1.807) is 41.2 Å². The van der Waals surface area contributed by atoms with E-state index in [2.05, 4.69) is 11.2 Å². The molecule has 1 saturated heterocycles. The monoisotopic (exact) mass is 539 g/mol. The Morgan fingerprint density at radius 2 is 2.00 bits per heavy atom. The second-order valence-electron chi connectivity index (χ2n) is 10.0.